The molecule has 0 aliphatic rings. The van der Waals surface area contributed by atoms with Crippen molar-refractivity contribution < 1.29 is 9.13 Å². The van der Waals surface area contributed by atoms with E-state index < -0.39 is 0 Å². The second kappa shape index (κ2) is 6.26. The lowest BCUT2D eigenvalue weighted by atomic mass is 10.2. The molecule has 0 aliphatic carbocycles. The molecule has 0 aromatic heterocycles. The molecule has 0 saturated heterocycles. The summed E-state index contributed by atoms with van der Waals surface area (Å²) < 4.78 is 19.8. The monoisotopic (exact) mass is 343 g/mol. The molecule has 1 N–H and O–H groups in total. The summed E-state index contributed by atoms with van der Waals surface area (Å²) in [7, 11) is 1.45. The molecule has 100 valence electrons. The Bertz CT molecular complexity index is 592. The van der Waals surface area contributed by atoms with Crippen LogP contribution in [0.4, 0.5) is 10.1 Å². The normalized spacial score (nSPS) is 10.3. The van der Waals surface area contributed by atoms with Crippen LogP contribution in [0.3, 0.4) is 0 Å². The quantitative estimate of drug-likeness (QED) is 0.855. The predicted molar refractivity (Wildman–Crippen MR) is 79.4 cm³/mol. The fourth-order valence-corrected chi connectivity index (χ4v) is 2.41. The number of methoxy groups -OCH3 is 1. The van der Waals surface area contributed by atoms with Gasteiger partial charge in [-0.1, -0.05) is 39.7 Å². The second-order valence-electron chi connectivity index (χ2n) is 3.91. The Labute approximate surface area is 124 Å². The molecule has 19 heavy (non-hydrogen) atoms. The molecule has 0 bridgehead atoms. The zero-order valence-electron chi connectivity index (χ0n) is 10.2. The van der Waals surface area contributed by atoms with Gasteiger partial charge in [0.05, 0.1) is 17.8 Å². The third-order valence-corrected chi connectivity index (χ3v) is 3.47. The first kappa shape index (κ1) is 14.2. The summed E-state index contributed by atoms with van der Waals surface area (Å²) in [4.78, 5) is 0. The van der Waals surface area contributed by atoms with E-state index in [-0.39, 0.29) is 11.6 Å². The van der Waals surface area contributed by atoms with E-state index in [1.165, 1.54) is 7.11 Å². The van der Waals surface area contributed by atoms with Crippen molar-refractivity contribution in [2.75, 3.05) is 12.4 Å². The van der Waals surface area contributed by atoms with Crippen LogP contribution in [0.1, 0.15) is 5.56 Å². The summed E-state index contributed by atoms with van der Waals surface area (Å²) in [6.07, 6.45) is 0. The number of nitrogens with one attached hydrogen (secondary N) is 1. The van der Waals surface area contributed by atoms with Crippen LogP contribution >= 0.6 is 27.5 Å². The molecule has 5 heteroatoms. The van der Waals surface area contributed by atoms with Gasteiger partial charge in [-0.2, -0.15) is 0 Å². The number of rotatable bonds is 4. The number of hydrogen-bond acceptors (Lipinski definition) is 2. The minimum atomic E-state index is -0.356. The van der Waals surface area contributed by atoms with Gasteiger partial charge < -0.3 is 10.1 Å². The Balaban J connectivity index is 2.14. The highest BCUT2D eigenvalue weighted by molar-refractivity contribution is 9.10. The summed E-state index contributed by atoms with van der Waals surface area (Å²) in [6.45, 7) is 0.338. The third-order valence-electron chi connectivity index (χ3n) is 2.66. The first-order chi connectivity index (χ1) is 9.11. The van der Waals surface area contributed by atoms with Gasteiger partial charge in [-0.25, -0.2) is 4.39 Å². The van der Waals surface area contributed by atoms with Crippen molar-refractivity contribution in [3.63, 3.8) is 0 Å². The molecule has 2 aromatic rings. The van der Waals surface area contributed by atoms with Crippen LogP contribution < -0.4 is 10.1 Å². The predicted octanol–water partition coefficient (Wildman–Crippen LogP) is 4.86. The van der Waals surface area contributed by atoms with Crippen molar-refractivity contribution in [2.45, 2.75) is 6.54 Å². The minimum Gasteiger partial charge on any atom is -0.494 e. The molecule has 2 nitrogen and oxygen atoms in total. The van der Waals surface area contributed by atoms with Crippen molar-refractivity contribution in [1.82, 2.24) is 0 Å². The van der Waals surface area contributed by atoms with Gasteiger partial charge in [-0.15, -0.1) is 0 Å². The number of ether oxygens (including phenoxy) is 1. The van der Waals surface area contributed by atoms with Crippen molar-refractivity contribution in [3.05, 3.63) is 57.3 Å². The standard InChI is InChI=1S/C14H12BrClFNO/c1-19-13-4-2-3-9(14(13)17)8-18-12-6-5-10(15)7-11(12)16/h2-7,18H,8H2,1H3. The van der Waals surface area contributed by atoms with Gasteiger partial charge >= 0.3 is 0 Å². The van der Waals surface area contributed by atoms with E-state index in [1.54, 1.807) is 24.3 Å². The molecule has 0 atom stereocenters. The molecule has 0 saturated carbocycles. The molecule has 0 amide bonds. The lowest BCUT2D eigenvalue weighted by Gasteiger charge is -2.11. The maximum atomic E-state index is 13.9. The average molecular weight is 345 g/mol. The largest absolute Gasteiger partial charge is 0.494 e. The molecule has 0 heterocycles. The molecule has 2 aromatic carbocycles. The van der Waals surface area contributed by atoms with E-state index in [9.17, 15) is 4.39 Å². The number of anilines is 1. The van der Waals surface area contributed by atoms with E-state index in [1.807, 2.05) is 12.1 Å². The number of hydrogen-bond donors (Lipinski definition) is 1. The molecule has 2 rings (SSSR count). The fraction of sp³-hybridized carbons (Fsp3) is 0.143. The summed E-state index contributed by atoms with van der Waals surface area (Å²) in [6, 6.07) is 10.5. The molecular weight excluding hydrogens is 333 g/mol. The van der Waals surface area contributed by atoms with Crippen LogP contribution in [0, 0.1) is 5.82 Å². The van der Waals surface area contributed by atoms with Gasteiger partial charge in [0.25, 0.3) is 0 Å². The van der Waals surface area contributed by atoms with E-state index >= 15 is 0 Å². The Hall–Kier alpha value is -1.26. The summed E-state index contributed by atoms with van der Waals surface area (Å²) in [5.41, 5.74) is 1.28. The molecule has 0 radical (unpaired) electrons. The Morgan fingerprint density at radius 2 is 2.11 bits per heavy atom. The van der Waals surface area contributed by atoms with Gasteiger partial charge in [0, 0.05) is 16.6 Å². The summed E-state index contributed by atoms with van der Waals surface area (Å²) in [5, 5.41) is 3.68. The van der Waals surface area contributed by atoms with Crippen LogP contribution in [0.2, 0.25) is 5.02 Å². The number of benzene rings is 2. The second-order valence-corrected chi connectivity index (χ2v) is 5.23. The maximum Gasteiger partial charge on any atom is 0.170 e. The smallest absolute Gasteiger partial charge is 0.170 e. The third kappa shape index (κ3) is 3.39. The van der Waals surface area contributed by atoms with E-state index in [0.717, 1.165) is 10.2 Å². The maximum absolute atomic E-state index is 13.9. The first-order valence-corrected chi connectivity index (χ1v) is 6.79. The Morgan fingerprint density at radius 1 is 1.32 bits per heavy atom. The Morgan fingerprint density at radius 3 is 2.79 bits per heavy atom. The molecule has 0 fully saturated rings. The van der Waals surface area contributed by atoms with Crippen LogP contribution in [0.15, 0.2) is 40.9 Å². The van der Waals surface area contributed by atoms with Gasteiger partial charge in [0.2, 0.25) is 0 Å². The highest BCUT2D eigenvalue weighted by atomic mass is 79.9. The van der Waals surface area contributed by atoms with Crippen molar-refractivity contribution in [3.8, 4) is 5.75 Å². The van der Waals surface area contributed by atoms with Gasteiger partial charge in [-0.05, 0) is 24.3 Å². The van der Waals surface area contributed by atoms with Crippen molar-refractivity contribution >= 4 is 33.2 Å². The lowest BCUT2D eigenvalue weighted by molar-refractivity contribution is 0.384. The van der Waals surface area contributed by atoms with E-state index in [0.29, 0.717) is 17.1 Å². The molecule has 0 aliphatic heterocycles. The van der Waals surface area contributed by atoms with Gasteiger partial charge in [0.1, 0.15) is 0 Å². The number of halogens is 3. The highest BCUT2D eigenvalue weighted by Gasteiger charge is 2.08. The van der Waals surface area contributed by atoms with Crippen LogP contribution in [0.25, 0.3) is 0 Å². The lowest BCUT2D eigenvalue weighted by Crippen LogP contribution is -2.03. The Kier molecular flexibility index (Phi) is 4.66. The van der Waals surface area contributed by atoms with Crippen LogP contribution in [-0.2, 0) is 6.54 Å². The minimum absolute atomic E-state index is 0.237. The molecule has 0 spiro atoms. The zero-order chi connectivity index (χ0) is 13.8. The highest BCUT2D eigenvalue weighted by Crippen LogP contribution is 2.27. The molecule has 0 unspecified atom stereocenters. The first-order valence-electron chi connectivity index (χ1n) is 5.62. The van der Waals surface area contributed by atoms with Gasteiger partial charge in [0.15, 0.2) is 11.6 Å². The van der Waals surface area contributed by atoms with Gasteiger partial charge in [-0.3, -0.25) is 0 Å². The van der Waals surface area contributed by atoms with E-state index in [2.05, 4.69) is 21.2 Å². The summed E-state index contributed by atoms with van der Waals surface area (Å²) >= 11 is 9.42. The fourth-order valence-electron chi connectivity index (χ4n) is 1.67. The van der Waals surface area contributed by atoms with Crippen molar-refractivity contribution in [2.24, 2.45) is 0 Å². The SMILES string of the molecule is COc1cccc(CNc2ccc(Br)cc2Cl)c1F. The van der Waals surface area contributed by atoms with Crippen LogP contribution in [0.5, 0.6) is 5.75 Å². The molecular formula is C14H12BrClFNO. The van der Waals surface area contributed by atoms with Crippen LogP contribution in [-0.4, -0.2) is 7.11 Å². The zero-order valence-corrected chi connectivity index (χ0v) is 12.6. The topological polar surface area (TPSA) is 21.3 Å². The summed E-state index contributed by atoms with van der Waals surface area (Å²) in [5.74, 6) is -0.119. The van der Waals surface area contributed by atoms with Crippen molar-refractivity contribution in [1.29, 1.82) is 0 Å². The van der Waals surface area contributed by atoms with E-state index in [4.69, 9.17) is 16.3 Å². The average Bonchev–Trinajstić information content (AvgIpc) is 2.39.